The molecule has 41 heavy (non-hydrogen) atoms. The average molecular weight is 717 g/mol. The topological polar surface area (TPSA) is 66.2 Å². The van der Waals surface area contributed by atoms with Crippen LogP contribution in [0.5, 0.6) is 0 Å². The second-order valence-corrected chi connectivity index (χ2v) is 8.15. The second-order valence-electron chi connectivity index (χ2n) is 8.15. The molecule has 2 aromatic heterocycles. The van der Waals surface area contributed by atoms with Crippen LogP contribution in [0.1, 0.15) is 0 Å². The third-order valence-electron chi connectivity index (χ3n) is 5.71. The van der Waals surface area contributed by atoms with E-state index in [1.165, 1.54) is 11.1 Å². The first kappa shape index (κ1) is 33.0. The van der Waals surface area contributed by atoms with E-state index in [2.05, 4.69) is 58.5 Å². The fraction of sp³-hybridized carbons (Fsp3) is 0.0556. The summed E-state index contributed by atoms with van der Waals surface area (Å²) < 4.78 is 0. The van der Waals surface area contributed by atoms with Crippen molar-refractivity contribution < 1.29 is 30.3 Å². The van der Waals surface area contributed by atoms with Crippen molar-refractivity contribution in [3.05, 3.63) is 158 Å². The molecule has 5 heteroatoms. The van der Waals surface area contributed by atoms with Gasteiger partial charge >= 0.3 is 0 Å². The van der Waals surface area contributed by atoms with Crippen molar-refractivity contribution in [2.75, 3.05) is 14.2 Å². The predicted molar refractivity (Wildman–Crippen MR) is 164 cm³/mol. The van der Waals surface area contributed by atoms with Crippen LogP contribution >= 0.6 is 0 Å². The van der Waals surface area contributed by atoms with Gasteiger partial charge in [0, 0.05) is 46.7 Å². The van der Waals surface area contributed by atoms with E-state index in [9.17, 15) is 0 Å². The van der Waals surface area contributed by atoms with Crippen LogP contribution in [-0.4, -0.2) is 34.4 Å². The van der Waals surface area contributed by atoms with Gasteiger partial charge in [0.05, 0.1) is 0 Å². The third-order valence-corrected chi connectivity index (χ3v) is 5.71. The Morgan fingerprint density at radius 3 is 1.07 bits per heavy atom. The summed E-state index contributed by atoms with van der Waals surface area (Å²) in [7, 11) is 2.00. The number of hydrogen-bond donors (Lipinski definition) is 2. The largest absolute Gasteiger partial charge is 0.400 e. The van der Waals surface area contributed by atoms with Crippen molar-refractivity contribution in [2.45, 2.75) is 0 Å². The average Bonchev–Trinajstić information content (AvgIpc) is 3.09. The molecule has 0 bridgehead atoms. The maximum atomic E-state index is 7.00. The molecule has 0 atom stereocenters. The monoisotopic (exact) mass is 717 g/mol. The van der Waals surface area contributed by atoms with Crippen LogP contribution in [-0.2, 0) is 20.1 Å². The summed E-state index contributed by atoms with van der Waals surface area (Å²) in [5.74, 6) is 0. The predicted octanol–water partition coefficient (Wildman–Crippen LogP) is 7.65. The summed E-state index contributed by atoms with van der Waals surface area (Å²) >= 11 is 0. The SMILES string of the molecule is CO.CO.[Ir].[c-]1ccccc1-c1ccc(-c2ccccc2)cn1.[c-]1ccccc1-c1ccc(-c2ccccc2)cn1. The number of hydrogen-bond acceptors (Lipinski definition) is 4. The Balaban J connectivity index is 0.000000251. The Hall–Kier alpha value is -4.25. The molecule has 0 amide bonds. The quantitative estimate of drug-likeness (QED) is 0.184. The van der Waals surface area contributed by atoms with Gasteiger partial charge in [-0.2, -0.15) is 0 Å². The Kier molecular flexibility index (Phi) is 15.2. The smallest absolute Gasteiger partial charge is 0.0319 e. The summed E-state index contributed by atoms with van der Waals surface area (Å²) in [5, 5.41) is 14.0. The van der Waals surface area contributed by atoms with E-state index in [0.29, 0.717) is 0 Å². The van der Waals surface area contributed by atoms with Crippen LogP contribution in [0.15, 0.2) is 146 Å². The van der Waals surface area contributed by atoms with Crippen LogP contribution < -0.4 is 0 Å². The van der Waals surface area contributed by atoms with E-state index in [0.717, 1.165) is 47.9 Å². The molecule has 4 nitrogen and oxygen atoms in total. The van der Waals surface area contributed by atoms with Gasteiger partial charge < -0.3 is 20.2 Å². The van der Waals surface area contributed by atoms with Crippen molar-refractivity contribution in [1.29, 1.82) is 0 Å². The zero-order valence-electron chi connectivity index (χ0n) is 23.0. The zero-order chi connectivity index (χ0) is 28.4. The van der Waals surface area contributed by atoms with Gasteiger partial charge in [-0.25, -0.2) is 0 Å². The van der Waals surface area contributed by atoms with Gasteiger partial charge in [-0.05, 0) is 33.6 Å². The molecule has 2 N–H and O–H groups in total. The first-order valence-electron chi connectivity index (χ1n) is 12.7. The van der Waals surface area contributed by atoms with Crippen molar-refractivity contribution in [3.63, 3.8) is 0 Å². The molecule has 0 saturated carbocycles. The van der Waals surface area contributed by atoms with Gasteiger partial charge in [0.15, 0.2) is 0 Å². The van der Waals surface area contributed by atoms with Crippen molar-refractivity contribution in [3.8, 4) is 44.8 Å². The Morgan fingerprint density at radius 1 is 0.415 bits per heavy atom. The van der Waals surface area contributed by atoms with Crippen LogP contribution in [0.3, 0.4) is 0 Å². The standard InChI is InChI=1S/2C17H12N.2CH4O.Ir/c2*1-3-7-14(8-4-1)16-11-12-17(18-13-16)15-9-5-2-6-10-15;2*1-2;/h2*1-9,11-13H;2*2H,1H3;/q2*-1;;;. The van der Waals surface area contributed by atoms with E-state index in [1.54, 1.807) is 0 Å². The molecule has 0 fully saturated rings. The van der Waals surface area contributed by atoms with Gasteiger partial charge in [-0.3, -0.25) is 0 Å². The van der Waals surface area contributed by atoms with Crippen molar-refractivity contribution in [1.82, 2.24) is 9.97 Å². The van der Waals surface area contributed by atoms with Crippen LogP contribution in [0.25, 0.3) is 44.8 Å². The fourth-order valence-corrected chi connectivity index (χ4v) is 3.81. The minimum atomic E-state index is 0. The number of aliphatic hydroxyl groups excluding tert-OH is 2. The number of aliphatic hydroxyl groups is 2. The summed E-state index contributed by atoms with van der Waals surface area (Å²) in [6.45, 7) is 0. The molecule has 0 aliphatic rings. The molecule has 209 valence electrons. The molecule has 2 heterocycles. The third kappa shape index (κ3) is 10.0. The van der Waals surface area contributed by atoms with Gasteiger partial charge in [0.25, 0.3) is 0 Å². The number of pyridine rings is 2. The van der Waals surface area contributed by atoms with Gasteiger partial charge in [0.1, 0.15) is 0 Å². The summed E-state index contributed by atoms with van der Waals surface area (Å²) in [4.78, 5) is 8.99. The zero-order valence-corrected chi connectivity index (χ0v) is 25.4. The molecule has 6 rings (SSSR count). The molecule has 0 spiro atoms. The van der Waals surface area contributed by atoms with E-state index < -0.39 is 0 Å². The Bertz CT molecular complexity index is 1250. The molecule has 0 aliphatic heterocycles. The van der Waals surface area contributed by atoms with Crippen molar-refractivity contribution >= 4 is 0 Å². The minimum Gasteiger partial charge on any atom is -0.400 e. The molecule has 4 aromatic carbocycles. The molecule has 1 radical (unpaired) electrons. The van der Waals surface area contributed by atoms with Gasteiger partial charge in [-0.1, -0.05) is 84.9 Å². The molecular formula is C36H32IrN2O2-2. The number of rotatable bonds is 4. The normalized spacial score (nSPS) is 9.27. The fourth-order valence-electron chi connectivity index (χ4n) is 3.81. The molecule has 0 aliphatic carbocycles. The first-order chi connectivity index (χ1) is 19.9. The Labute approximate surface area is 256 Å². The van der Waals surface area contributed by atoms with Gasteiger partial charge in [0.2, 0.25) is 0 Å². The van der Waals surface area contributed by atoms with Crippen LogP contribution in [0.2, 0.25) is 0 Å². The summed E-state index contributed by atoms with van der Waals surface area (Å²) in [6.07, 6.45) is 3.82. The van der Waals surface area contributed by atoms with Crippen LogP contribution in [0.4, 0.5) is 0 Å². The van der Waals surface area contributed by atoms with Crippen molar-refractivity contribution in [2.24, 2.45) is 0 Å². The molecule has 6 aromatic rings. The first-order valence-corrected chi connectivity index (χ1v) is 12.7. The Morgan fingerprint density at radius 2 is 0.780 bits per heavy atom. The number of aromatic nitrogens is 2. The van der Waals surface area contributed by atoms with E-state index in [4.69, 9.17) is 10.2 Å². The maximum Gasteiger partial charge on any atom is 0.0319 e. The molecule has 0 unspecified atom stereocenters. The van der Waals surface area contributed by atoms with E-state index >= 15 is 0 Å². The van der Waals surface area contributed by atoms with E-state index in [-0.39, 0.29) is 20.1 Å². The summed E-state index contributed by atoms with van der Waals surface area (Å²) in [5.41, 5.74) is 8.60. The minimum absolute atomic E-state index is 0. The summed E-state index contributed by atoms with van der Waals surface area (Å²) in [6, 6.07) is 50.9. The molecular weight excluding hydrogens is 685 g/mol. The number of nitrogens with zero attached hydrogens (tertiary/aromatic N) is 2. The van der Waals surface area contributed by atoms with E-state index in [1.807, 2.05) is 109 Å². The van der Waals surface area contributed by atoms with Gasteiger partial charge in [-0.15, -0.1) is 71.8 Å². The molecule has 0 saturated heterocycles. The number of benzene rings is 4. The maximum absolute atomic E-state index is 7.00. The van der Waals surface area contributed by atoms with Crippen LogP contribution in [0, 0.1) is 12.1 Å². The second kappa shape index (κ2) is 18.9.